The number of pyridine rings is 1. The topological polar surface area (TPSA) is 112 Å². The van der Waals surface area contributed by atoms with Crippen molar-refractivity contribution in [3.63, 3.8) is 0 Å². The third-order valence-corrected chi connectivity index (χ3v) is 11.3. The van der Waals surface area contributed by atoms with E-state index in [1.54, 1.807) is 25.7 Å². The second-order valence-electron chi connectivity index (χ2n) is 15.6. The Bertz CT molecular complexity index is 1990. The fourth-order valence-corrected chi connectivity index (χ4v) is 9.14. The molecule has 292 valence electrons. The Kier molecular flexibility index (Phi) is 9.15. The summed E-state index contributed by atoms with van der Waals surface area (Å²) in [6, 6.07) is 0.492. The second kappa shape index (κ2) is 13.4. The van der Waals surface area contributed by atoms with Crippen LogP contribution in [-0.2, 0) is 15.7 Å². The number of hydrogen-bond donors (Lipinski definition) is 0. The maximum Gasteiger partial charge on any atom is 0.418 e. The van der Waals surface area contributed by atoms with Crippen molar-refractivity contribution in [3.8, 4) is 28.9 Å². The normalized spacial score (nSPS) is 26.4. The van der Waals surface area contributed by atoms with Crippen molar-refractivity contribution in [2.75, 3.05) is 51.7 Å². The molecule has 0 spiro atoms. The van der Waals surface area contributed by atoms with Crippen molar-refractivity contribution >= 4 is 34.4 Å². The molecular formula is C36H40ClF5N6O6. The fourth-order valence-electron chi connectivity index (χ4n) is 8.82. The molecule has 4 saturated heterocycles. The van der Waals surface area contributed by atoms with Gasteiger partial charge in [0.1, 0.15) is 53.2 Å². The van der Waals surface area contributed by atoms with Gasteiger partial charge in [-0.05, 0) is 65.1 Å². The van der Waals surface area contributed by atoms with Crippen LogP contribution in [0.3, 0.4) is 0 Å². The first kappa shape index (κ1) is 37.0. The molecule has 54 heavy (non-hydrogen) atoms. The number of ether oxygens (including phenoxy) is 5. The molecule has 12 nitrogen and oxygen atoms in total. The Morgan fingerprint density at radius 2 is 1.89 bits per heavy atom. The number of hydrogen-bond acceptors (Lipinski definition) is 11. The number of fused-ring (bicyclic) bond motifs is 6. The lowest BCUT2D eigenvalue weighted by Crippen LogP contribution is -2.63. The van der Waals surface area contributed by atoms with E-state index in [1.807, 2.05) is 9.80 Å². The van der Waals surface area contributed by atoms with Gasteiger partial charge in [-0.15, -0.1) is 0 Å². The highest BCUT2D eigenvalue weighted by Gasteiger charge is 2.53. The maximum absolute atomic E-state index is 17.1. The zero-order valence-electron chi connectivity index (χ0n) is 30.1. The monoisotopic (exact) mass is 782 g/mol. The summed E-state index contributed by atoms with van der Waals surface area (Å²) in [5, 5.41) is -0.710. The molecule has 5 aliphatic heterocycles. The minimum absolute atomic E-state index is 0.0229. The van der Waals surface area contributed by atoms with Gasteiger partial charge in [0, 0.05) is 32.2 Å². The van der Waals surface area contributed by atoms with Crippen molar-refractivity contribution in [2.24, 2.45) is 0 Å². The number of aromatic nitrogens is 3. The Balaban J connectivity index is 1.27. The van der Waals surface area contributed by atoms with Crippen molar-refractivity contribution in [2.45, 2.75) is 94.5 Å². The predicted molar refractivity (Wildman–Crippen MR) is 185 cm³/mol. The number of carbonyl (C=O) groups excluding carboxylic acids is 1. The molecule has 2 bridgehead atoms. The minimum Gasteiger partial charge on any atom is -0.475 e. The molecule has 0 N–H and O–H groups in total. The molecule has 4 fully saturated rings. The maximum atomic E-state index is 17.1. The number of anilines is 1. The third kappa shape index (κ3) is 6.38. The Hall–Kier alpha value is -3.96. The number of benzene rings is 1. The number of nitrogens with zero attached hydrogens (tertiary/aromatic N) is 6. The van der Waals surface area contributed by atoms with Gasteiger partial charge in [-0.25, -0.2) is 18.6 Å². The van der Waals surface area contributed by atoms with Gasteiger partial charge in [-0.3, -0.25) is 9.80 Å². The highest BCUT2D eigenvalue weighted by molar-refractivity contribution is 6.32. The molecule has 8 rings (SSSR count). The number of carbonyl (C=O) groups is 1. The van der Waals surface area contributed by atoms with E-state index >= 15 is 4.39 Å². The second-order valence-corrected chi connectivity index (χ2v) is 16.0. The summed E-state index contributed by atoms with van der Waals surface area (Å²) >= 11 is 6.19. The summed E-state index contributed by atoms with van der Waals surface area (Å²) in [6.45, 7) is 6.24. The molecule has 3 aromatic rings. The van der Waals surface area contributed by atoms with Crippen LogP contribution in [0.1, 0.15) is 58.4 Å². The largest absolute Gasteiger partial charge is 0.475 e. The van der Waals surface area contributed by atoms with Crippen LogP contribution in [0.4, 0.5) is 32.6 Å². The average Bonchev–Trinajstić information content (AvgIpc) is 3.69. The highest BCUT2D eigenvalue weighted by atomic mass is 35.5. The van der Waals surface area contributed by atoms with Crippen LogP contribution in [0.25, 0.3) is 22.2 Å². The van der Waals surface area contributed by atoms with Gasteiger partial charge in [0.05, 0.1) is 34.3 Å². The molecule has 2 aromatic heterocycles. The van der Waals surface area contributed by atoms with E-state index in [-0.39, 0.29) is 79.9 Å². The Morgan fingerprint density at radius 3 is 2.63 bits per heavy atom. The number of halogens is 6. The SMILES string of the molecule is COCOc1cc(Cl)c(C(F)(F)F)c(-c2nc3c4c(nc(OCC56CCCN5CC(F)C6)nc4c2F)N2CC4CCC(C2CO3)N4C(=O)OC(C)(C)C)c1. The van der Waals surface area contributed by atoms with Crippen molar-refractivity contribution in [1.29, 1.82) is 0 Å². The van der Waals surface area contributed by atoms with Crippen LogP contribution in [0.5, 0.6) is 17.6 Å². The van der Waals surface area contributed by atoms with E-state index in [9.17, 15) is 22.4 Å². The lowest BCUT2D eigenvalue weighted by atomic mass is 9.95. The first-order chi connectivity index (χ1) is 25.6. The van der Waals surface area contributed by atoms with Crippen LogP contribution >= 0.6 is 11.6 Å². The number of methoxy groups -OCH3 is 1. The van der Waals surface area contributed by atoms with Crippen LogP contribution in [0.15, 0.2) is 12.1 Å². The Morgan fingerprint density at radius 1 is 1.09 bits per heavy atom. The van der Waals surface area contributed by atoms with E-state index < -0.39 is 69.3 Å². The average molecular weight is 783 g/mol. The van der Waals surface area contributed by atoms with E-state index in [1.165, 1.54) is 7.11 Å². The van der Waals surface area contributed by atoms with Crippen molar-refractivity contribution in [3.05, 3.63) is 28.5 Å². The number of rotatable bonds is 7. The molecule has 1 amide bonds. The van der Waals surface area contributed by atoms with Crippen LogP contribution < -0.4 is 19.1 Å². The van der Waals surface area contributed by atoms with Gasteiger partial charge in [0.15, 0.2) is 12.6 Å². The molecule has 5 unspecified atom stereocenters. The van der Waals surface area contributed by atoms with E-state index in [0.717, 1.165) is 18.6 Å². The summed E-state index contributed by atoms with van der Waals surface area (Å²) in [6.07, 6.45) is -3.45. The van der Waals surface area contributed by atoms with Gasteiger partial charge in [-0.1, -0.05) is 11.6 Å². The summed E-state index contributed by atoms with van der Waals surface area (Å²) in [5.74, 6) is -1.33. The molecule has 18 heteroatoms. The lowest BCUT2D eigenvalue weighted by Gasteiger charge is -2.46. The molecule has 5 aliphatic rings. The van der Waals surface area contributed by atoms with Crippen LogP contribution in [0.2, 0.25) is 5.02 Å². The fraction of sp³-hybridized carbons (Fsp3) is 0.611. The van der Waals surface area contributed by atoms with E-state index in [0.29, 0.717) is 25.8 Å². The molecule has 1 aromatic carbocycles. The summed E-state index contributed by atoms with van der Waals surface area (Å²) in [4.78, 5) is 32.8. The molecule has 5 atom stereocenters. The smallest absolute Gasteiger partial charge is 0.418 e. The summed E-state index contributed by atoms with van der Waals surface area (Å²) in [7, 11) is 1.33. The number of piperazine rings is 1. The molecular weight excluding hydrogens is 743 g/mol. The molecule has 0 saturated carbocycles. The molecule has 0 radical (unpaired) electrons. The van der Waals surface area contributed by atoms with Gasteiger partial charge in [-0.2, -0.15) is 23.1 Å². The van der Waals surface area contributed by atoms with Crippen molar-refractivity contribution in [1.82, 2.24) is 24.8 Å². The van der Waals surface area contributed by atoms with Gasteiger partial charge >= 0.3 is 18.3 Å². The highest BCUT2D eigenvalue weighted by Crippen LogP contribution is 2.49. The van der Waals surface area contributed by atoms with E-state index in [4.69, 9.17) is 40.3 Å². The van der Waals surface area contributed by atoms with Gasteiger partial charge in [0.25, 0.3) is 0 Å². The number of amides is 1. The predicted octanol–water partition coefficient (Wildman–Crippen LogP) is 6.79. The minimum atomic E-state index is -5.03. The Labute approximate surface area is 312 Å². The zero-order valence-corrected chi connectivity index (χ0v) is 30.9. The third-order valence-electron chi connectivity index (χ3n) is 11.0. The zero-order chi connectivity index (χ0) is 38.3. The van der Waals surface area contributed by atoms with Gasteiger partial charge in [0.2, 0.25) is 5.88 Å². The quantitative estimate of drug-likeness (QED) is 0.187. The van der Waals surface area contributed by atoms with E-state index in [2.05, 4.69) is 9.97 Å². The standard InChI is InChI=1S/C36H40ClF5N6O6/c1-34(2,3)54-33(49)48-19-6-7-23(48)24-15-51-31-25-29(27(39)28(43-31)21-10-20(53-17-50-4)11-22(37)26(21)36(40,41)42)44-32(45-30(25)47(24)14-19)52-16-35-8-5-9-46(35)13-18(38)12-35/h10-11,18-19,23-24H,5-9,12-17H2,1-4H3. The van der Waals surface area contributed by atoms with Crippen molar-refractivity contribution < 1.29 is 50.4 Å². The first-order valence-electron chi connectivity index (χ1n) is 17.9. The molecule has 0 aliphatic carbocycles. The molecule has 7 heterocycles. The van der Waals surface area contributed by atoms with Crippen LogP contribution in [-0.4, -0.2) is 113 Å². The van der Waals surface area contributed by atoms with Gasteiger partial charge < -0.3 is 28.6 Å². The van der Waals surface area contributed by atoms with Crippen LogP contribution in [0, 0.1) is 5.82 Å². The first-order valence-corrected chi connectivity index (χ1v) is 18.3. The summed E-state index contributed by atoms with van der Waals surface area (Å²) in [5.41, 5.74) is -4.51. The number of alkyl halides is 4. The summed E-state index contributed by atoms with van der Waals surface area (Å²) < 4.78 is 104. The lowest BCUT2D eigenvalue weighted by molar-refractivity contribution is -0.137.